The summed E-state index contributed by atoms with van der Waals surface area (Å²) >= 11 is 4.57. The molecule has 0 aliphatic carbocycles. The van der Waals surface area contributed by atoms with Crippen LogP contribution in [0.4, 0.5) is 21.0 Å². The zero-order chi connectivity index (χ0) is 15.0. The van der Waals surface area contributed by atoms with Gasteiger partial charge in [0.15, 0.2) is 0 Å². The third-order valence-electron chi connectivity index (χ3n) is 2.21. The molecule has 0 heterocycles. The van der Waals surface area contributed by atoms with Gasteiger partial charge in [0.1, 0.15) is 0 Å². The number of rotatable bonds is 2. The number of amides is 2. The summed E-state index contributed by atoms with van der Waals surface area (Å²) in [6.45, 7) is 0. The number of carbonyl (C=O) groups is 2. The number of hydrogen-bond donors (Lipinski definition) is 1. The van der Waals surface area contributed by atoms with Crippen molar-refractivity contribution in [1.82, 2.24) is 0 Å². The van der Waals surface area contributed by atoms with Crippen LogP contribution in [0.3, 0.4) is 0 Å². The zero-order valence-corrected chi connectivity index (χ0v) is 13.9. The molecule has 0 saturated carbocycles. The van der Waals surface area contributed by atoms with Crippen LogP contribution >= 0.6 is 0 Å². The van der Waals surface area contributed by atoms with E-state index in [-0.39, 0.29) is 4.81 Å². The number of nitrogens with two attached hydrogens (primary N) is 1. The molecule has 2 aromatic rings. The average Bonchev–Trinajstić information content (AvgIpc) is 2.40. The van der Waals surface area contributed by atoms with Crippen molar-refractivity contribution in [3.63, 3.8) is 0 Å². The molecule has 2 rings (SSSR count). The number of anilines is 2. The van der Waals surface area contributed by atoms with Gasteiger partial charge in [0, 0.05) is 0 Å². The van der Waals surface area contributed by atoms with Gasteiger partial charge in [-0.3, -0.25) is 0 Å². The van der Waals surface area contributed by atoms with Crippen LogP contribution in [-0.4, -0.2) is 41.6 Å². The molecule has 0 atom stereocenters. The van der Waals surface area contributed by atoms with E-state index >= 15 is 0 Å². The second kappa shape index (κ2) is 8.56. The van der Waals surface area contributed by atoms with Crippen molar-refractivity contribution >= 4 is 53.0 Å². The van der Waals surface area contributed by atoms with E-state index in [0.717, 1.165) is 11.4 Å². The molecule has 0 unspecified atom stereocenters. The van der Waals surface area contributed by atoms with E-state index in [9.17, 15) is 4.79 Å². The molecule has 0 aliphatic rings. The molecule has 0 fully saturated rings. The van der Waals surface area contributed by atoms with Gasteiger partial charge in [-0.1, -0.05) is 0 Å². The van der Waals surface area contributed by atoms with Crippen LogP contribution < -0.4 is 10.6 Å². The Morgan fingerprint density at radius 3 is 1.35 bits per heavy atom. The number of benzene rings is 2. The Balaban J connectivity index is 0.000000444. The van der Waals surface area contributed by atoms with Gasteiger partial charge >= 0.3 is 134 Å². The van der Waals surface area contributed by atoms with Gasteiger partial charge in [-0.05, 0) is 0 Å². The summed E-state index contributed by atoms with van der Waals surface area (Å²) in [4.78, 5) is 21.8. The predicted octanol–water partition coefficient (Wildman–Crippen LogP) is 2.35. The first kappa shape index (κ1) is 16.5. The Hall–Kier alpha value is -1.58. The van der Waals surface area contributed by atoms with E-state index in [1.807, 2.05) is 76.7 Å². The summed E-state index contributed by atoms with van der Waals surface area (Å²) in [6, 6.07) is 19.1. The van der Waals surface area contributed by atoms with E-state index in [2.05, 4.69) is 21.7 Å². The molecule has 2 radical (unpaired) electrons. The van der Waals surface area contributed by atoms with Crippen LogP contribution in [0, 0.1) is 0 Å². The second-order valence-electron chi connectivity index (χ2n) is 3.59. The molecule has 2 amide bonds. The molecule has 6 heteroatoms. The van der Waals surface area contributed by atoms with Crippen molar-refractivity contribution in [3.05, 3.63) is 60.7 Å². The minimum absolute atomic E-state index is 0.114. The molecule has 102 valence electrons. The molecule has 20 heavy (non-hydrogen) atoms. The Morgan fingerprint density at radius 1 is 0.800 bits per heavy atom. The standard InChI is InChI=1S/C13H10NOSe.CH2NOSe/c15-13(16)14(11-7-3-1-4-8-11)12-9-5-2-6-10-12;2-1(3)4/h1-10H;(H2,2,3). The molecular weight excluding hydrogens is 386 g/mol. The Labute approximate surface area is 134 Å². The average molecular weight is 398 g/mol. The monoisotopic (exact) mass is 400 g/mol. The fraction of sp³-hybridized carbons (Fsp3) is 0. The van der Waals surface area contributed by atoms with E-state index in [4.69, 9.17) is 4.79 Å². The summed E-state index contributed by atoms with van der Waals surface area (Å²) in [5.41, 5.74) is 6.13. The second-order valence-corrected chi connectivity index (χ2v) is 5.17. The fourth-order valence-electron chi connectivity index (χ4n) is 1.51. The molecule has 2 N–H and O–H groups in total. The van der Waals surface area contributed by atoms with Crippen molar-refractivity contribution in [3.8, 4) is 0 Å². The molecular formula is C14H12N2O2Se2. The first-order chi connectivity index (χ1) is 9.52. The van der Waals surface area contributed by atoms with Crippen molar-refractivity contribution in [2.45, 2.75) is 0 Å². The first-order valence-electron chi connectivity index (χ1n) is 5.60. The Bertz CT molecular complexity index is 518. The number of hydrogen-bond acceptors (Lipinski definition) is 2. The molecule has 4 nitrogen and oxygen atoms in total. The minimum atomic E-state index is -0.458. The van der Waals surface area contributed by atoms with Crippen molar-refractivity contribution < 1.29 is 9.59 Å². The maximum absolute atomic E-state index is 11.6. The number of primary amides is 1. The number of para-hydroxylation sites is 2. The quantitative estimate of drug-likeness (QED) is 0.790. The van der Waals surface area contributed by atoms with Crippen LogP contribution in [0.25, 0.3) is 0 Å². The van der Waals surface area contributed by atoms with Crippen molar-refractivity contribution in [2.75, 3.05) is 4.90 Å². The third kappa shape index (κ3) is 5.59. The molecule has 0 bridgehead atoms. The van der Waals surface area contributed by atoms with Crippen LogP contribution in [-0.2, 0) is 0 Å². The Kier molecular flexibility index (Phi) is 7.05. The van der Waals surface area contributed by atoms with Crippen molar-refractivity contribution in [1.29, 1.82) is 0 Å². The zero-order valence-electron chi connectivity index (χ0n) is 10.4. The predicted molar refractivity (Wildman–Crippen MR) is 81.5 cm³/mol. The fourth-order valence-corrected chi connectivity index (χ4v) is 1.96. The molecule has 0 aromatic heterocycles. The van der Waals surface area contributed by atoms with Crippen LogP contribution in [0.1, 0.15) is 0 Å². The van der Waals surface area contributed by atoms with E-state index in [0.29, 0.717) is 0 Å². The summed E-state index contributed by atoms with van der Waals surface area (Å²) in [5, 5.41) is 0. The molecule has 2 aromatic carbocycles. The van der Waals surface area contributed by atoms with Gasteiger partial charge in [0.05, 0.1) is 0 Å². The van der Waals surface area contributed by atoms with Gasteiger partial charge in [-0.15, -0.1) is 0 Å². The summed E-state index contributed by atoms with van der Waals surface area (Å²) in [6.07, 6.45) is 0. The number of nitrogens with zero attached hydrogens (tertiary/aromatic N) is 1. The van der Waals surface area contributed by atoms with Crippen LogP contribution in [0.5, 0.6) is 0 Å². The van der Waals surface area contributed by atoms with Gasteiger partial charge in [0.25, 0.3) is 0 Å². The molecule has 0 spiro atoms. The summed E-state index contributed by atoms with van der Waals surface area (Å²) in [5.74, 6) is 0. The van der Waals surface area contributed by atoms with Gasteiger partial charge < -0.3 is 0 Å². The van der Waals surface area contributed by atoms with Crippen molar-refractivity contribution in [2.24, 2.45) is 5.73 Å². The van der Waals surface area contributed by atoms with Crippen LogP contribution in [0.2, 0.25) is 0 Å². The van der Waals surface area contributed by atoms with Gasteiger partial charge in [-0.2, -0.15) is 0 Å². The molecule has 0 aliphatic heterocycles. The number of carbonyl (C=O) groups excluding carboxylic acids is 2. The summed E-state index contributed by atoms with van der Waals surface area (Å²) < 4.78 is 0. The maximum atomic E-state index is 11.6. The Morgan fingerprint density at radius 2 is 1.10 bits per heavy atom. The van der Waals surface area contributed by atoms with Gasteiger partial charge in [0.2, 0.25) is 0 Å². The van der Waals surface area contributed by atoms with E-state index in [1.54, 1.807) is 4.90 Å². The van der Waals surface area contributed by atoms with Gasteiger partial charge in [-0.25, -0.2) is 0 Å². The van der Waals surface area contributed by atoms with Crippen LogP contribution in [0.15, 0.2) is 60.7 Å². The summed E-state index contributed by atoms with van der Waals surface area (Å²) in [7, 11) is 0. The third-order valence-corrected chi connectivity index (χ3v) is 2.59. The normalized spacial score (nSPS) is 9.00. The van der Waals surface area contributed by atoms with E-state index in [1.165, 1.54) is 0 Å². The molecule has 0 saturated heterocycles. The topological polar surface area (TPSA) is 63.4 Å². The SMILES string of the molecule is NC(=O)[Se].O=C([Se])N(c1ccccc1)c1ccccc1. The van der Waals surface area contributed by atoms with E-state index < -0.39 is 4.81 Å². The first-order valence-corrected chi connectivity index (χ1v) is 7.31.